The summed E-state index contributed by atoms with van der Waals surface area (Å²) in [6.07, 6.45) is 4.00. The Labute approximate surface area is 107 Å². The molecular weight excluding hydrogens is 222 g/mol. The smallest absolute Gasteiger partial charge is 0.118 e. The van der Waals surface area contributed by atoms with E-state index in [0.717, 1.165) is 16.9 Å². The first-order chi connectivity index (χ1) is 8.81. The molecule has 0 atom stereocenters. The van der Waals surface area contributed by atoms with Crippen molar-refractivity contribution in [3.63, 3.8) is 0 Å². The highest BCUT2D eigenvalue weighted by Crippen LogP contribution is 2.14. The van der Waals surface area contributed by atoms with Crippen LogP contribution in [0, 0.1) is 11.3 Å². The van der Waals surface area contributed by atoms with Crippen LogP contribution in [0.3, 0.4) is 0 Å². The van der Waals surface area contributed by atoms with E-state index >= 15 is 0 Å². The first-order valence-electron chi connectivity index (χ1n) is 5.64. The molecule has 0 unspecified atom stereocenters. The predicted molar refractivity (Wildman–Crippen MR) is 73.1 cm³/mol. The molecule has 0 aliphatic rings. The molecule has 0 aliphatic heterocycles. The second-order valence-electron chi connectivity index (χ2n) is 3.84. The molecule has 0 saturated heterocycles. The zero-order chi connectivity index (χ0) is 12.8. The third kappa shape index (κ3) is 2.99. The van der Waals surface area contributed by atoms with E-state index < -0.39 is 0 Å². The monoisotopic (exact) mass is 235 g/mol. The van der Waals surface area contributed by atoms with Crippen molar-refractivity contribution in [2.24, 2.45) is 0 Å². The second-order valence-corrected chi connectivity index (χ2v) is 3.84. The molecule has 0 aliphatic carbocycles. The zero-order valence-electron chi connectivity index (χ0n) is 10.1. The van der Waals surface area contributed by atoms with Crippen molar-refractivity contribution >= 4 is 12.2 Å². The summed E-state index contributed by atoms with van der Waals surface area (Å²) in [5.41, 5.74) is 2.79. The zero-order valence-corrected chi connectivity index (χ0v) is 10.1. The predicted octanol–water partition coefficient (Wildman–Crippen LogP) is 3.74. The Kier molecular flexibility index (Phi) is 3.78. The number of methoxy groups -OCH3 is 1. The van der Waals surface area contributed by atoms with Gasteiger partial charge in [0, 0.05) is 0 Å². The van der Waals surface area contributed by atoms with Gasteiger partial charge in [0.1, 0.15) is 5.75 Å². The number of rotatable bonds is 3. The Morgan fingerprint density at radius 2 is 1.72 bits per heavy atom. The SMILES string of the molecule is COc1ccc(/C=C\c2cccc(C#N)c2)cc1. The molecule has 0 fully saturated rings. The van der Waals surface area contributed by atoms with Crippen molar-refractivity contribution in [3.8, 4) is 11.8 Å². The number of ether oxygens (including phenoxy) is 1. The lowest BCUT2D eigenvalue weighted by molar-refractivity contribution is 0.415. The van der Waals surface area contributed by atoms with Gasteiger partial charge in [0.2, 0.25) is 0 Å². The van der Waals surface area contributed by atoms with E-state index in [-0.39, 0.29) is 0 Å². The van der Waals surface area contributed by atoms with Gasteiger partial charge in [-0.2, -0.15) is 5.26 Å². The Bertz CT molecular complexity index is 591. The first-order valence-corrected chi connectivity index (χ1v) is 5.64. The Morgan fingerprint density at radius 1 is 1.00 bits per heavy atom. The Morgan fingerprint density at radius 3 is 2.39 bits per heavy atom. The van der Waals surface area contributed by atoms with Gasteiger partial charge in [-0.05, 0) is 35.4 Å². The molecule has 2 nitrogen and oxygen atoms in total. The number of nitriles is 1. The maximum Gasteiger partial charge on any atom is 0.118 e. The summed E-state index contributed by atoms with van der Waals surface area (Å²) in [4.78, 5) is 0. The van der Waals surface area contributed by atoms with Crippen molar-refractivity contribution in [3.05, 3.63) is 65.2 Å². The van der Waals surface area contributed by atoms with Crippen LogP contribution >= 0.6 is 0 Å². The van der Waals surface area contributed by atoms with Crippen LogP contribution in [0.5, 0.6) is 5.75 Å². The molecule has 18 heavy (non-hydrogen) atoms. The fourth-order valence-electron chi connectivity index (χ4n) is 1.62. The van der Waals surface area contributed by atoms with Crippen LogP contribution < -0.4 is 4.74 Å². The van der Waals surface area contributed by atoms with Gasteiger partial charge in [-0.25, -0.2) is 0 Å². The number of hydrogen-bond acceptors (Lipinski definition) is 2. The number of hydrogen-bond donors (Lipinski definition) is 0. The molecule has 0 spiro atoms. The maximum atomic E-state index is 8.82. The van der Waals surface area contributed by atoms with E-state index in [1.165, 1.54) is 0 Å². The summed E-state index contributed by atoms with van der Waals surface area (Å²) in [5, 5.41) is 8.82. The molecule has 0 bridgehead atoms. The first kappa shape index (κ1) is 11.9. The minimum absolute atomic E-state index is 0.673. The highest BCUT2D eigenvalue weighted by Gasteiger charge is 1.92. The minimum Gasteiger partial charge on any atom is -0.497 e. The molecule has 2 aromatic carbocycles. The Balaban J connectivity index is 2.16. The molecule has 0 amide bonds. The van der Waals surface area contributed by atoms with Gasteiger partial charge in [0.15, 0.2) is 0 Å². The molecule has 0 aromatic heterocycles. The van der Waals surface area contributed by atoms with E-state index in [1.54, 1.807) is 13.2 Å². The lowest BCUT2D eigenvalue weighted by Gasteiger charge is -1.99. The van der Waals surface area contributed by atoms with Crippen LogP contribution in [0.25, 0.3) is 12.2 Å². The maximum absolute atomic E-state index is 8.82. The van der Waals surface area contributed by atoms with Gasteiger partial charge in [-0.15, -0.1) is 0 Å². The standard InChI is InChI=1S/C16H13NO/c1-18-16-9-7-13(8-10-16)5-6-14-3-2-4-15(11-14)12-17/h2-11H,1H3/b6-5-. The van der Waals surface area contributed by atoms with Gasteiger partial charge in [-0.3, -0.25) is 0 Å². The van der Waals surface area contributed by atoms with Crippen molar-refractivity contribution in [2.45, 2.75) is 0 Å². The molecule has 2 aromatic rings. The highest BCUT2D eigenvalue weighted by atomic mass is 16.5. The molecule has 0 radical (unpaired) electrons. The summed E-state index contributed by atoms with van der Waals surface area (Å²) < 4.78 is 5.10. The quantitative estimate of drug-likeness (QED) is 0.759. The van der Waals surface area contributed by atoms with Crippen molar-refractivity contribution in [1.82, 2.24) is 0 Å². The molecule has 0 heterocycles. The third-order valence-electron chi connectivity index (χ3n) is 2.60. The van der Waals surface area contributed by atoms with Crippen molar-refractivity contribution < 1.29 is 4.74 Å². The summed E-state index contributed by atoms with van der Waals surface area (Å²) in [6, 6.07) is 17.5. The number of benzene rings is 2. The third-order valence-corrected chi connectivity index (χ3v) is 2.60. The van der Waals surface area contributed by atoms with Crippen LogP contribution in [-0.2, 0) is 0 Å². The highest BCUT2D eigenvalue weighted by molar-refractivity contribution is 5.70. The van der Waals surface area contributed by atoms with Gasteiger partial charge < -0.3 is 4.74 Å². The molecule has 88 valence electrons. The lowest BCUT2D eigenvalue weighted by Crippen LogP contribution is -1.81. The van der Waals surface area contributed by atoms with Crippen LogP contribution in [0.4, 0.5) is 0 Å². The molecule has 2 rings (SSSR count). The van der Waals surface area contributed by atoms with Gasteiger partial charge in [0.05, 0.1) is 18.7 Å². The van der Waals surface area contributed by atoms with Gasteiger partial charge >= 0.3 is 0 Å². The van der Waals surface area contributed by atoms with E-state index in [1.807, 2.05) is 54.6 Å². The molecule has 2 heteroatoms. The van der Waals surface area contributed by atoms with E-state index in [9.17, 15) is 0 Å². The molecule has 0 N–H and O–H groups in total. The fourth-order valence-corrected chi connectivity index (χ4v) is 1.62. The van der Waals surface area contributed by atoms with E-state index in [4.69, 9.17) is 10.00 Å². The average molecular weight is 235 g/mol. The molecule has 0 saturated carbocycles. The fraction of sp³-hybridized carbons (Fsp3) is 0.0625. The van der Waals surface area contributed by atoms with Crippen molar-refractivity contribution in [1.29, 1.82) is 5.26 Å². The summed E-state index contributed by atoms with van der Waals surface area (Å²) in [6.45, 7) is 0. The van der Waals surface area contributed by atoms with E-state index in [0.29, 0.717) is 5.56 Å². The van der Waals surface area contributed by atoms with Crippen LogP contribution in [-0.4, -0.2) is 7.11 Å². The topological polar surface area (TPSA) is 33.0 Å². The second kappa shape index (κ2) is 5.70. The lowest BCUT2D eigenvalue weighted by atomic mass is 10.1. The summed E-state index contributed by atoms with van der Waals surface area (Å²) in [7, 11) is 1.65. The van der Waals surface area contributed by atoms with Crippen molar-refractivity contribution in [2.75, 3.05) is 7.11 Å². The van der Waals surface area contributed by atoms with Gasteiger partial charge in [-0.1, -0.05) is 36.4 Å². The van der Waals surface area contributed by atoms with Gasteiger partial charge in [0.25, 0.3) is 0 Å². The van der Waals surface area contributed by atoms with Crippen LogP contribution in [0.2, 0.25) is 0 Å². The number of nitrogens with zero attached hydrogens (tertiary/aromatic N) is 1. The summed E-state index contributed by atoms with van der Waals surface area (Å²) in [5.74, 6) is 0.846. The van der Waals surface area contributed by atoms with Crippen LogP contribution in [0.1, 0.15) is 16.7 Å². The molecular formula is C16H13NO. The summed E-state index contributed by atoms with van der Waals surface area (Å²) >= 11 is 0. The van der Waals surface area contributed by atoms with E-state index in [2.05, 4.69) is 6.07 Å². The normalized spacial score (nSPS) is 10.2. The largest absolute Gasteiger partial charge is 0.497 e. The average Bonchev–Trinajstić information content (AvgIpc) is 2.46. The van der Waals surface area contributed by atoms with Crippen LogP contribution in [0.15, 0.2) is 48.5 Å². The Hall–Kier alpha value is -2.53. The minimum atomic E-state index is 0.673.